The first kappa shape index (κ1) is 20.6. The Labute approximate surface area is 176 Å². The van der Waals surface area contributed by atoms with Gasteiger partial charge < -0.3 is 14.9 Å². The monoisotopic (exact) mass is 428 g/mol. The third-order valence-electron chi connectivity index (χ3n) is 5.13. The number of aromatic hydroxyl groups is 1. The lowest BCUT2D eigenvalue weighted by Crippen LogP contribution is -2.49. The first-order valence-corrected chi connectivity index (χ1v) is 9.65. The average Bonchev–Trinajstić information content (AvgIpc) is 2.78. The Bertz CT molecular complexity index is 1080. The largest absolute Gasteiger partial charge is 0.508 e. The summed E-state index contributed by atoms with van der Waals surface area (Å²) in [6.45, 7) is 1.35. The lowest BCUT2D eigenvalue weighted by molar-refractivity contribution is -0.138. The molecule has 160 valence electrons. The lowest BCUT2D eigenvalue weighted by Gasteiger charge is -2.35. The summed E-state index contributed by atoms with van der Waals surface area (Å²) in [7, 11) is 0. The predicted octanol–water partition coefficient (Wildman–Crippen LogP) is 3.83. The van der Waals surface area contributed by atoms with Gasteiger partial charge in [0.25, 0.3) is 5.91 Å². The van der Waals surface area contributed by atoms with Crippen molar-refractivity contribution in [2.75, 3.05) is 31.1 Å². The molecule has 1 aromatic heterocycles. The minimum Gasteiger partial charge on any atom is -0.508 e. The van der Waals surface area contributed by atoms with Crippen LogP contribution in [-0.4, -0.2) is 52.1 Å². The van der Waals surface area contributed by atoms with Crippen molar-refractivity contribution in [3.05, 3.63) is 72.1 Å². The number of rotatable bonds is 3. The molecule has 0 radical (unpaired) electrons. The minimum absolute atomic E-state index is 0.148. The molecule has 2 heterocycles. The Kier molecular flexibility index (Phi) is 5.50. The van der Waals surface area contributed by atoms with Crippen molar-refractivity contribution in [1.82, 2.24) is 14.9 Å². The third-order valence-corrected chi connectivity index (χ3v) is 5.13. The molecule has 0 aliphatic carbocycles. The predicted molar refractivity (Wildman–Crippen MR) is 109 cm³/mol. The molecule has 3 aromatic rings. The quantitative estimate of drug-likeness (QED) is 0.687. The minimum atomic E-state index is -4.58. The molecular weight excluding hydrogens is 409 g/mol. The van der Waals surface area contributed by atoms with Crippen molar-refractivity contribution in [2.45, 2.75) is 6.18 Å². The molecular formula is C22H19F3N4O2. The van der Waals surface area contributed by atoms with E-state index in [0.717, 1.165) is 17.2 Å². The Morgan fingerprint density at radius 2 is 1.58 bits per heavy atom. The van der Waals surface area contributed by atoms with Crippen LogP contribution in [0, 0.1) is 0 Å². The molecule has 0 bridgehead atoms. The number of nitrogens with zero attached hydrogens (tertiary/aromatic N) is 4. The van der Waals surface area contributed by atoms with Gasteiger partial charge in [-0.25, -0.2) is 9.97 Å². The Morgan fingerprint density at radius 1 is 0.903 bits per heavy atom. The van der Waals surface area contributed by atoms with Crippen LogP contribution in [0.5, 0.6) is 5.75 Å². The molecule has 0 atom stereocenters. The van der Waals surface area contributed by atoms with E-state index in [0.29, 0.717) is 19.0 Å². The zero-order valence-corrected chi connectivity index (χ0v) is 16.4. The number of aromatic nitrogens is 2. The number of carbonyl (C=O) groups excluding carboxylic acids is 1. The molecule has 1 amide bonds. The molecule has 1 aliphatic rings. The number of hydrogen-bond acceptors (Lipinski definition) is 5. The Balaban J connectivity index is 1.43. The van der Waals surface area contributed by atoms with Gasteiger partial charge in [-0.05, 0) is 29.8 Å². The second-order valence-electron chi connectivity index (χ2n) is 7.14. The normalized spacial score (nSPS) is 14.5. The molecule has 9 heteroatoms. The van der Waals surface area contributed by atoms with Crippen LogP contribution in [0.15, 0.2) is 60.9 Å². The van der Waals surface area contributed by atoms with Crippen molar-refractivity contribution in [1.29, 1.82) is 0 Å². The van der Waals surface area contributed by atoms with Crippen molar-refractivity contribution < 1.29 is 23.1 Å². The first-order valence-electron chi connectivity index (χ1n) is 9.65. The summed E-state index contributed by atoms with van der Waals surface area (Å²) in [5.74, 6) is -0.00566. The average molecular weight is 428 g/mol. The van der Waals surface area contributed by atoms with E-state index in [1.54, 1.807) is 30.6 Å². The number of halogens is 3. The van der Waals surface area contributed by atoms with Gasteiger partial charge >= 0.3 is 6.18 Å². The number of hydrogen-bond donors (Lipinski definition) is 1. The summed E-state index contributed by atoms with van der Waals surface area (Å²) in [5.41, 5.74) is 0.269. The molecule has 0 unspecified atom stereocenters. The standard InChI is InChI=1S/C22H19F3N4O2/c23-22(24,25)19-7-2-1-6-18(19)20(31)28-8-10-29(11-9-28)21-26-13-16(14-27-21)15-4-3-5-17(30)12-15/h1-7,12-14,30H,8-11H2. The second-order valence-corrected chi connectivity index (χ2v) is 7.14. The van der Waals surface area contributed by atoms with Crippen molar-refractivity contribution in [3.63, 3.8) is 0 Å². The number of alkyl halides is 3. The number of piperazine rings is 1. The highest BCUT2D eigenvalue weighted by Crippen LogP contribution is 2.32. The van der Waals surface area contributed by atoms with E-state index in [2.05, 4.69) is 9.97 Å². The fourth-order valence-corrected chi connectivity index (χ4v) is 3.52. The van der Waals surface area contributed by atoms with E-state index in [-0.39, 0.29) is 24.4 Å². The highest BCUT2D eigenvalue weighted by Gasteiger charge is 2.36. The Morgan fingerprint density at radius 3 is 2.23 bits per heavy atom. The van der Waals surface area contributed by atoms with Crippen molar-refractivity contribution in [3.8, 4) is 16.9 Å². The summed E-state index contributed by atoms with van der Waals surface area (Å²) in [4.78, 5) is 24.7. The summed E-state index contributed by atoms with van der Waals surface area (Å²) in [6.07, 6.45) is -1.29. The molecule has 2 aromatic carbocycles. The molecule has 4 rings (SSSR count). The zero-order valence-electron chi connectivity index (χ0n) is 16.4. The van der Waals surface area contributed by atoms with E-state index in [1.165, 1.54) is 23.1 Å². The van der Waals surface area contributed by atoms with Gasteiger partial charge in [0, 0.05) is 44.1 Å². The van der Waals surface area contributed by atoms with Crippen LogP contribution in [0.3, 0.4) is 0 Å². The highest BCUT2D eigenvalue weighted by atomic mass is 19.4. The zero-order chi connectivity index (χ0) is 22.0. The summed E-state index contributed by atoms with van der Waals surface area (Å²) in [6, 6.07) is 11.6. The van der Waals surface area contributed by atoms with Crippen LogP contribution in [0.1, 0.15) is 15.9 Å². The van der Waals surface area contributed by atoms with Gasteiger partial charge in [-0.1, -0.05) is 24.3 Å². The van der Waals surface area contributed by atoms with Crippen LogP contribution < -0.4 is 4.90 Å². The molecule has 1 fully saturated rings. The number of amides is 1. The molecule has 0 spiro atoms. The van der Waals surface area contributed by atoms with Gasteiger partial charge in [-0.2, -0.15) is 13.2 Å². The fraction of sp³-hybridized carbons (Fsp3) is 0.227. The van der Waals surface area contributed by atoms with Gasteiger partial charge in [-0.15, -0.1) is 0 Å². The van der Waals surface area contributed by atoms with Crippen LogP contribution in [0.2, 0.25) is 0 Å². The van der Waals surface area contributed by atoms with E-state index in [4.69, 9.17) is 0 Å². The van der Waals surface area contributed by atoms with Crippen LogP contribution >= 0.6 is 0 Å². The van der Waals surface area contributed by atoms with Crippen LogP contribution in [0.25, 0.3) is 11.1 Å². The summed E-state index contributed by atoms with van der Waals surface area (Å²) in [5, 5.41) is 9.60. The van der Waals surface area contributed by atoms with Gasteiger partial charge in [0.2, 0.25) is 5.95 Å². The fourth-order valence-electron chi connectivity index (χ4n) is 3.52. The third kappa shape index (κ3) is 4.45. The van der Waals surface area contributed by atoms with E-state index < -0.39 is 17.6 Å². The maximum Gasteiger partial charge on any atom is 0.417 e. The molecule has 6 nitrogen and oxygen atoms in total. The number of carbonyl (C=O) groups is 1. The number of benzene rings is 2. The molecule has 1 N–H and O–H groups in total. The maximum atomic E-state index is 13.2. The Hall–Kier alpha value is -3.62. The number of phenols is 1. The van der Waals surface area contributed by atoms with E-state index in [9.17, 15) is 23.1 Å². The van der Waals surface area contributed by atoms with Crippen molar-refractivity contribution >= 4 is 11.9 Å². The van der Waals surface area contributed by atoms with Gasteiger partial charge in [0.1, 0.15) is 5.75 Å². The molecule has 1 aliphatic heterocycles. The summed E-state index contributed by atoms with van der Waals surface area (Å²) < 4.78 is 39.7. The lowest BCUT2D eigenvalue weighted by atomic mass is 10.1. The number of anilines is 1. The van der Waals surface area contributed by atoms with Gasteiger partial charge in [-0.3, -0.25) is 4.79 Å². The van der Waals surface area contributed by atoms with Gasteiger partial charge in [0.15, 0.2) is 0 Å². The second kappa shape index (κ2) is 8.25. The first-order chi connectivity index (χ1) is 14.8. The van der Waals surface area contributed by atoms with E-state index >= 15 is 0 Å². The van der Waals surface area contributed by atoms with Gasteiger partial charge in [0.05, 0.1) is 11.1 Å². The molecule has 31 heavy (non-hydrogen) atoms. The molecule has 1 saturated heterocycles. The maximum absolute atomic E-state index is 13.2. The number of phenolic OH excluding ortho intramolecular Hbond substituents is 1. The van der Waals surface area contributed by atoms with E-state index in [1.807, 2.05) is 11.0 Å². The van der Waals surface area contributed by atoms with Crippen LogP contribution in [0.4, 0.5) is 19.1 Å². The smallest absolute Gasteiger partial charge is 0.417 e. The van der Waals surface area contributed by atoms with Crippen LogP contribution in [-0.2, 0) is 6.18 Å². The summed E-state index contributed by atoms with van der Waals surface area (Å²) >= 11 is 0. The van der Waals surface area contributed by atoms with Crippen molar-refractivity contribution in [2.24, 2.45) is 0 Å². The topological polar surface area (TPSA) is 69.6 Å². The molecule has 0 saturated carbocycles. The highest BCUT2D eigenvalue weighted by molar-refractivity contribution is 5.96. The SMILES string of the molecule is O=C(c1ccccc1C(F)(F)F)N1CCN(c2ncc(-c3cccc(O)c3)cn2)CC1.